The second-order valence-electron chi connectivity index (χ2n) is 4.04. The minimum atomic E-state index is -0.656. The van der Waals surface area contributed by atoms with Crippen molar-refractivity contribution in [1.29, 1.82) is 0 Å². The molecule has 94 valence electrons. The maximum atomic E-state index is 13.9. The number of methoxy groups -OCH3 is 1. The number of benzene rings is 2. The van der Waals surface area contributed by atoms with Crippen LogP contribution in [-0.4, -0.2) is 7.11 Å². The molecular formula is C14H13F2NO. The summed E-state index contributed by atoms with van der Waals surface area (Å²) in [6, 6.07) is 7.20. The molecule has 4 heteroatoms. The van der Waals surface area contributed by atoms with Crippen molar-refractivity contribution in [3.8, 4) is 16.9 Å². The monoisotopic (exact) mass is 249 g/mol. The van der Waals surface area contributed by atoms with Crippen LogP contribution in [0.4, 0.5) is 14.5 Å². The van der Waals surface area contributed by atoms with Crippen LogP contribution in [0, 0.1) is 18.6 Å². The van der Waals surface area contributed by atoms with Crippen molar-refractivity contribution in [3.05, 3.63) is 47.5 Å². The third kappa shape index (κ3) is 2.14. The van der Waals surface area contributed by atoms with Gasteiger partial charge in [0.15, 0.2) is 0 Å². The number of nitrogen functional groups attached to an aromatic ring is 1. The van der Waals surface area contributed by atoms with Crippen LogP contribution in [0.2, 0.25) is 0 Å². The average molecular weight is 249 g/mol. The number of rotatable bonds is 2. The van der Waals surface area contributed by atoms with Crippen LogP contribution in [0.3, 0.4) is 0 Å². The zero-order valence-electron chi connectivity index (χ0n) is 10.1. The lowest BCUT2D eigenvalue weighted by Gasteiger charge is -2.09. The van der Waals surface area contributed by atoms with Gasteiger partial charge < -0.3 is 10.5 Å². The molecule has 0 radical (unpaired) electrons. The smallest absolute Gasteiger partial charge is 0.137 e. The van der Waals surface area contributed by atoms with Crippen LogP contribution >= 0.6 is 0 Å². The first kappa shape index (κ1) is 12.4. The lowest BCUT2D eigenvalue weighted by molar-refractivity contribution is 0.407. The summed E-state index contributed by atoms with van der Waals surface area (Å²) in [4.78, 5) is 0. The van der Waals surface area contributed by atoms with Crippen molar-refractivity contribution < 1.29 is 13.5 Å². The molecule has 0 amide bonds. The standard InChI is InChI=1S/C14H13F2NO/c1-8-5-9(3-4-13(8)17)14-11(15)6-10(18-2)7-12(14)16/h3-7H,17H2,1-2H3. The zero-order chi connectivity index (χ0) is 13.3. The minimum absolute atomic E-state index is 0.0705. The van der Waals surface area contributed by atoms with E-state index in [2.05, 4.69) is 0 Å². The van der Waals surface area contributed by atoms with E-state index in [4.69, 9.17) is 10.5 Å². The van der Waals surface area contributed by atoms with E-state index < -0.39 is 11.6 Å². The van der Waals surface area contributed by atoms with Crippen LogP contribution in [0.5, 0.6) is 5.75 Å². The molecule has 2 nitrogen and oxygen atoms in total. The van der Waals surface area contributed by atoms with Gasteiger partial charge in [0.2, 0.25) is 0 Å². The van der Waals surface area contributed by atoms with E-state index in [1.165, 1.54) is 7.11 Å². The lowest BCUT2D eigenvalue weighted by atomic mass is 10.0. The first-order valence-electron chi connectivity index (χ1n) is 5.42. The van der Waals surface area contributed by atoms with E-state index in [9.17, 15) is 8.78 Å². The van der Waals surface area contributed by atoms with E-state index >= 15 is 0 Å². The Kier molecular flexibility index (Phi) is 3.19. The van der Waals surface area contributed by atoms with Gasteiger partial charge >= 0.3 is 0 Å². The van der Waals surface area contributed by atoms with Crippen LogP contribution < -0.4 is 10.5 Å². The molecule has 0 atom stereocenters. The number of nitrogens with two attached hydrogens (primary N) is 1. The van der Waals surface area contributed by atoms with Crippen LogP contribution in [0.25, 0.3) is 11.1 Å². The maximum absolute atomic E-state index is 13.9. The number of hydrogen-bond acceptors (Lipinski definition) is 2. The maximum Gasteiger partial charge on any atom is 0.137 e. The highest BCUT2D eigenvalue weighted by Crippen LogP contribution is 2.31. The Balaban J connectivity index is 2.60. The molecule has 2 aromatic carbocycles. The summed E-state index contributed by atoms with van der Waals surface area (Å²) in [5.41, 5.74) is 7.44. The highest BCUT2D eigenvalue weighted by molar-refractivity contribution is 5.69. The molecule has 0 spiro atoms. The molecular weight excluding hydrogens is 236 g/mol. The first-order valence-corrected chi connectivity index (χ1v) is 5.42. The fourth-order valence-corrected chi connectivity index (χ4v) is 1.77. The molecule has 0 saturated carbocycles. The Bertz CT molecular complexity index is 573. The first-order chi connectivity index (χ1) is 8.52. The van der Waals surface area contributed by atoms with Gasteiger partial charge in [-0.1, -0.05) is 6.07 Å². The van der Waals surface area contributed by atoms with Crippen molar-refractivity contribution in [2.75, 3.05) is 12.8 Å². The highest BCUT2D eigenvalue weighted by atomic mass is 19.1. The van der Waals surface area contributed by atoms with Gasteiger partial charge in [-0.05, 0) is 30.2 Å². The molecule has 0 bridgehead atoms. The molecule has 0 aliphatic carbocycles. The molecule has 0 aliphatic rings. The normalized spacial score (nSPS) is 10.4. The molecule has 0 saturated heterocycles. The number of halogens is 2. The number of anilines is 1. The number of hydrogen-bond donors (Lipinski definition) is 1. The van der Waals surface area contributed by atoms with Gasteiger partial charge in [0.1, 0.15) is 17.4 Å². The Morgan fingerprint density at radius 3 is 2.17 bits per heavy atom. The molecule has 2 aromatic rings. The molecule has 0 aliphatic heterocycles. The topological polar surface area (TPSA) is 35.2 Å². The molecule has 2 N–H and O–H groups in total. The van der Waals surface area contributed by atoms with E-state index in [1.807, 2.05) is 0 Å². The van der Waals surface area contributed by atoms with Crippen LogP contribution in [-0.2, 0) is 0 Å². The largest absolute Gasteiger partial charge is 0.497 e. The molecule has 2 rings (SSSR count). The Morgan fingerprint density at radius 2 is 1.67 bits per heavy atom. The fraction of sp³-hybridized carbons (Fsp3) is 0.143. The van der Waals surface area contributed by atoms with Gasteiger partial charge in [-0.2, -0.15) is 0 Å². The Hall–Kier alpha value is -2.10. The summed E-state index contributed by atoms with van der Waals surface area (Å²) in [5, 5.41) is 0. The van der Waals surface area contributed by atoms with Crippen molar-refractivity contribution in [2.45, 2.75) is 6.92 Å². The van der Waals surface area contributed by atoms with Crippen molar-refractivity contribution in [2.24, 2.45) is 0 Å². The van der Waals surface area contributed by atoms with Crippen molar-refractivity contribution >= 4 is 5.69 Å². The van der Waals surface area contributed by atoms with Crippen molar-refractivity contribution in [3.63, 3.8) is 0 Å². The predicted octanol–water partition coefficient (Wildman–Crippen LogP) is 3.53. The number of aryl methyl sites for hydroxylation is 1. The molecule has 0 unspecified atom stereocenters. The molecule has 18 heavy (non-hydrogen) atoms. The van der Waals surface area contributed by atoms with Gasteiger partial charge in [0, 0.05) is 17.8 Å². The SMILES string of the molecule is COc1cc(F)c(-c2ccc(N)c(C)c2)c(F)c1. The summed E-state index contributed by atoms with van der Waals surface area (Å²) in [6.45, 7) is 1.79. The van der Waals surface area contributed by atoms with Crippen LogP contribution in [0.15, 0.2) is 30.3 Å². The summed E-state index contributed by atoms with van der Waals surface area (Å²) in [7, 11) is 1.36. The Morgan fingerprint density at radius 1 is 1.06 bits per heavy atom. The average Bonchev–Trinajstić information content (AvgIpc) is 2.32. The molecule has 0 heterocycles. The van der Waals surface area contributed by atoms with Gasteiger partial charge in [-0.3, -0.25) is 0 Å². The third-order valence-corrected chi connectivity index (χ3v) is 2.81. The van der Waals surface area contributed by atoms with Crippen LogP contribution in [0.1, 0.15) is 5.56 Å². The van der Waals surface area contributed by atoms with Crippen molar-refractivity contribution in [1.82, 2.24) is 0 Å². The minimum Gasteiger partial charge on any atom is -0.497 e. The predicted molar refractivity (Wildman–Crippen MR) is 67.5 cm³/mol. The fourth-order valence-electron chi connectivity index (χ4n) is 1.77. The quantitative estimate of drug-likeness (QED) is 0.826. The van der Waals surface area contributed by atoms with Gasteiger partial charge in [-0.15, -0.1) is 0 Å². The Labute approximate surface area is 104 Å². The highest BCUT2D eigenvalue weighted by Gasteiger charge is 2.14. The van der Waals surface area contributed by atoms with Gasteiger partial charge in [0.25, 0.3) is 0 Å². The van der Waals surface area contributed by atoms with Gasteiger partial charge in [-0.25, -0.2) is 8.78 Å². The second kappa shape index (κ2) is 4.64. The summed E-state index contributed by atoms with van der Waals surface area (Å²) >= 11 is 0. The third-order valence-electron chi connectivity index (χ3n) is 2.81. The second-order valence-corrected chi connectivity index (χ2v) is 4.04. The van der Waals surface area contributed by atoms with Gasteiger partial charge in [0.05, 0.1) is 12.7 Å². The van der Waals surface area contributed by atoms with E-state index in [0.717, 1.165) is 17.7 Å². The lowest BCUT2D eigenvalue weighted by Crippen LogP contribution is -1.95. The zero-order valence-corrected chi connectivity index (χ0v) is 10.1. The van der Waals surface area contributed by atoms with E-state index in [0.29, 0.717) is 11.3 Å². The molecule has 0 aromatic heterocycles. The summed E-state index contributed by atoms with van der Waals surface area (Å²) < 4.78 is 32.5. The number of ether oxygens (including phenoxy) is 1. The van der Waals surface area contributed by atoms with E-state index in [-0.39, 0.29) is 11.3 Å². The summed E-state index contributed by atoms with van der Waals surface area (Å²) in [6.07, 6.45) is 0. The van der Waals surface area contributed by atoms with E-state index in [1.54, 1.807) is 25.1 Å². The summed E-state index contributed by atoms with van der Waals surface area (Å²) in [5.74, 6) is -1.16. The molecule has 0 fully saturated rings.